The van der Waals surface area contributed by atoms with Crippen LogP contribution >= 0.6 is 0 Å². The summed E-state index contributed by atoms with van der Waals surface area (Å²) in [6, 6.07) is 12.3. The van der Waals surface area contributed by atoms with Crippen molar-refractivity contribution in [3.8, 4) is 11.3 Å². The zero-order chi connectivity index (χ0) is 24.2. The van der Waals surface area contributed by atoms with Crippen molar-refractivity contribution in [1.82, 2.24) is 24.9 Å². The highest BCUT2D eigenvalue weighted by atomic mass is 16.5. The number of nitrogens with zero attached hydrogens (tertiary/aromatic N) is 7. The Hall–Kier alpha value is -3.89. The average Bonchev–Trinajstić information content (AvgIpc) is 2.97. The summed E-state index contributed by atoms with van der Waals surface area (Å²) in [5.41, 5.74) is 4.62. The standard InChI is InChI=1S/C26H28N8O2/c1-6-29-26(30-7-1)34-12-15-36-21(18-34)17-31-25-24-23(27-8-9-28-24)16-22(32-25)19-2-4-20(5-3-19)33-10-13-35-14-11-33/h1-9,16,21H,10-15,17-18H2,(H,31,32)/t21-/m1/s1. The maximum absolute atomic E-state index is 6.01. The Morgan fingerprint density at radius 3 is 2.47 bits per heavy atom. The number of pyridine rings is 1. The van der Waals surface area contributed by atoms with Crippen molar-refractivity contribution in [1.29, 1.82) is 0 Å². The van der Waals surface area contributed by atoms with Gasteiger partial charge in [-0.3, -0.25) is 4.98 Å². The second-order valence-corrected chi connectivity index (χ2v) is 8.79. The third-order valence-electron chi connectivity index (χ3n) is 6.47. The quantitative estimate of drug-likeness (QED) is 0.439. The summed E-state index contributed by atoms with van der Waals surface area (Å²) in [5.74, 6) is 1.42. The van der Waals surface area contributed by atoms with Crippen LogP contribution in [-0.2, 0) is 9.47 Å². The molecule has 0 saturated carbocycles. The molecule has 0 unspecified atom stereocenters. The maximum atomic E-state index is 6.01. The van der Waals surface area contributed by atoms with Crippen molar-refractivity contribution >= 4 is 28.5 Å². The van der Waals surface area contributed by atoms with Gasteiger partial charge in [0.2, 0.25) is 5.95 Å². The van der Waals surface area contributed by atoms with E-state index < -0.39 is 0 Å². The minimum absolute atomic E-state index is 0.0347. The molecule has 0 bridgehead atoms. The molecule has 6 rings (SSSR count). The summed E-state index contributed by atoms with van der Waals surface area (Å²) >= 11 is 0. The number of anilines is 3. The highest BCUT2D eigenvalue weighted by Gasteiger charge is 2.23. The first-order valence-corrected chi connectivity index (χ1v) is 12.3. The van der Waals surface area contributed by atoms with Crippen molar-refractivity contribution < 1.29 is 9.47 Å². The SMILES string of the molecule is c1cnc(N2CCO[C@H](CNc3nc(-c4ccc(N5CCOCC5)cc4)cc4nccnc34)C2)nc1. The van der Waals surface area contributed by atoms with Crippen LogP contribution in [0.1, 0.15) is 0 Å². The van der Waals surface area contributed by atoms with Crippen LogP contribution in [0.3, 0.4) is 0 Å². The van der Waals surface area contributed by atoms with Crippen LogP contribution in [0.15, 0.2) is 61.2 Å². The summed E-state index contributed by atoms with van der Waals surface area (Å²) in [6.07, 6.45) is 6.89. The molecule has 0 spiro atoms. The number of ether oxygens (including phenoxy) is 2. The lowest BCUT2D eigenvalue weighted by Crippen LogP contribution is -2.46. The van der Waals surface area contributed by atoms with Gasteiger partial charge in [0.05, 0.1) is 37.1 Å². The predicted molar refractivity (Wildman–Crippen MR) is 138 cm³/mol. The minimum atomic E-state index is -0.0347. The molecule has 4 aromatic rings. The number of hydrogen-bond donors (Lipinski definition) is 1. The van der Waals surface area contributed by atoms with E-state index in [0.29, 0.717) is 25.5 Å². The number of morpholine rings is 2. The van der Waals surface area contributed by atoms with Crippen molar-refractivity contribution in [2.45, 2.75) is 6.10 Å². The highest BCUT2D eigenvalue weighted by Crippen LogP contribution is 2.27. The van der Waals surface area contributed by atoms with Gasteiger partial charge >= 0.3 is 0 Å². The van der Waals surface area contributed by atoms with E-state index in [0.717, 1.165) is 61.1 Å². The molecule has 10 nitrogen and oxygen atoms in total. The molecule has 1 aromatic carbocycles. The smallest absolute Gasteiger partial charge is 0.225 e. The molecule has 0 radical (unpaired) electrons. The fourth-order valence-electron chi connectivity index (χ4n) is 4.60. The molecular formula is C26H28N8O2. The van der Waals surface area contributed by atoms with Gasteiger partial charge in [0.1, 0.15) is 5.52 Å². The summed E-state index contributed by atoms with van der Waals surface area (Å²) in [7, 11) is 0. The molecule has 2 saturated heterocycles. The number of rotatable bonds is 6. The molecule has 2 aliphatic rings. The van der Waals surface area contributed by atoms with Gasteiger partial charge in [-0.2, -0.15) is 0 Å². The van der Waals surface area contributed by atoms with Crippen molar-refractivity contribution in [2.75, 3.05) is 67.7 Å². The van der Waals surface area contributed by atoms with Gasteiger partial charge < -0.3 is 24.6 Å². The molecule has 3 aromatic heterocycles. The molecule has 1 atom stereocenters. The van der Waals surface area contributed by atoms with E-state index >= 15 is 0 Å². The number of aromatic nitrogens is 5. The topological polar surface area (TPSA) is 101 Å². The molecule has 0 aliphatic carbocycles. The van der Waals surface area contributed by atoms with E-state index in [9.17, 15) is 0 Å². The third kappa shape index (κ3) is 4.91. The normalized spacial score (nSPS) is 18.4. The molecule has 2 fully saturated rings. The zero-order valence-electron chi connectivity index (χ0n) is 20.0. The Morgan fingerprint density at radius 2 is 1.64 bits per heavy atom. The zero-order valence-corrected chi connectivity index (χ0v) is 20.0. The summed E-state index contributed by atoms with van der Waals surface area (Å²) in [4.78, 5) is 27.3. The van der Waals surface area contributed by atoms with E-state index in [2.05, 4.69) is 59.3 Å². The fraction of sp³-hybridized carbons (Fsp3) is 0.346. The summed E-state index contributed by atoms with van der Waals surface area (Å²) in [5, 5.41) is 3.47. The first kappa shape index (κ1) is 22.6. The first-order valence-electron chi connectivity index (χ1n) is 12.3. The Morgan fingerprint density at radius 1 is 0.861 bits per heavy atom. The van der Waals surface area contributed by atoms with Gasteiger partial charge in [-0.05, 0) is 24.3 Å². The van der Waals surface area contributed by atoms with Gasteiger partial charge in [-0.25, -0.2) is 19.9 Å². The van der Waals surface area contributed by atoms with Crippen molar-refractivity contribution in [3.63, 3.8) is 0 Å². The predicted octanol–water partition coefficient (Wildman–Crippen LogP) is 2.64. The van der Waals surface area contributed by atoms with Gasteiger partial charge in [0.25, 0.3) is 0 Å². The van der Waals surface area contributed by atoms with Crippen LogP contribution in [0.5, 0.6) is 0 Å². The number of benzene rings is 1. The largest absolute Gasteiger partial charge is 0.378 e. The van der Waals surface area contributed by atoms with Crippen molar-refractivity contribution in [2.24, 2.45) is 0 Å². The summed E-state index contributed by atoms with van der Waals surface area (Å²) < 4.78 is 11.5. The Bertz CT molecular complexity index is 1300. The second-order valence-electron chi connectivity index (χ2n) is 8.79. The monoisotopic (exact) mass is 484 g/mol. The lowest BCUT2D eigenvalue weighted by molar-refractivity contribution is 0.0486. The molecule has 36 heavy (non-hydrogen) atoms. The van der Waals surface area contributed by atoms with Gasteiger partial charge in [-0.15, -0.1) is 0 Å². The van der Waals surface area contributed by atoms with E-state index in [1.54, 1.807) is 24.8 Å². The Kier molecular flexibility index (Phi) is 6.51. The van der Waals surface area contributed by atoms with Gasteiger partial charge in [0, 0.05) is 68.8 Å². The van der Waals surface area contributed by atoms with Crippen molar-refractivity contribution in [3.05, 3.63) is 61.2 Å². The van der Waals surface area contributed by atoms with Crippen LogP contribution in [0.4, 0.5) is 17.5 Å². The molecule has 2 aliphatic heterocycles. The molecular weight excluding hydrogens is 456 g/mol. The molecule has 184 valence electrons. The lowest BCUT2D eigenvalue weighted by Gasteiger charge is -2.33. The van der Waals surface area contributed by atoms with E-state index in [1.165, 1.54) is 5.69 Å². The van der Waals surface area contributed by atoms with E-state index in [-0.39, 0.29) is 6.10 Å². The number of hydrogen-bond acceptors (Lipinski definition) is 10. The maximum Gasteiger partial charge on any atom is 0.225 e. The number of fused-ring (bicyclic) bond motifs is 1. The van der Waals surface area contributed by atoms with Crippen LogP contribution < -0.4 is 15.1 Å². The molecule has 10 heteroatoms. The van der Waals surface area contributed by atoms with Crippen LogP contribution in [-0.4, -0.2) is 83.6 Å². The Labute approximate surface area is 209 Å². The van der Waals surface area contributed by atoms with Crippen LogP contribution in [0.25, 0.3) is 22.3 Å². The third-order valence-corrected chi connectivity index (χ3v) is 6.47. The fourth-order valence-corrected chi connectivity index (χ4v) is 4.60. The van der Waals surface area contributed by atoms with Gasteiger partial charge in [-0.1, -0.05) is 12.1 Å². The lowest BCUT2D eigenvalue weighted by atomic mass is 10.1. The highest BCUT2D eigenvalue weighted by molar-refractivity contribution is 5.88. The minimum Gasteiger partial charge on any atom is -0.378 e. The molecule has 1 N–H and O–H groups in total. The second kappa shape index (κ2) is 10.4. The van der Waals surface area contributed by atoms with Gasteiger partial charge in [0.15, 0.2) is 5.82 Å². The molecule has 0 amide bonds. The van der Waals surface area contributed by atoms with Crippen LogP contribution in [0, 0.1) is 0 Å². The number of nitrogens with one attached hydrogen (secondary N) is 1. The van der Waals surface area contributed by atoms with Crippen LogP contribution in [0.2, 0.25) is 0 Å². The summed E-state index contributed by atoms with van der Waals surface area (Å²) in [6.45, 7) is 6.02. The first-order chi connectivity index (χ1) is 17.8. The molecule has 5 heterocycles. The average molecular weight is 485 g/mol. The van der Waals surface area contributed by atoms with E-state index in [1.807, 2.05) is 12.1 Å². The van der Waals surface area contributed by atoms with E-state index in [4.69, 9.17) is 14.5 Å². The Balaban J connectivity index is 1.21.